The third-order valence-electron chi connectivity index (χ3n) is 2.02. The lowest BCUT2D eigenvalue weighted by Crippen LogP contribution is -2.22. The number of hydrogen-bond acceptors (Lipinski definition) is 3. The third kappa shape index (κ3) is 3.55. The van der Waals surface area contributed by atoms with Crippen LogP contribution in [0.3, 0.4) is 0 Å². The Morgan fingerprint density at radius 2 is 2.06 bits per heavy atom. The molecule has 1 aromatic carbocycles. The zero-order chi connectivity index (χ0) is 12.3. The molecular weight excluding hydrogens is 231 g/mol. The summed E-state index contributed by atoms with van der Waals surface area (Å²) in [6.07, 6.45) is 0. The molecule has 0 aliphatic heterocycles. The van der Waals surface area contributed by atoms with Crippen LogP contribution in [0, 0.1) is 5.82 Å². The van der Waals surface area contributed by atoms with E-state index >= 15 is 0 Å². The van der Waals surface area contributed by atoms with Gasteiger partial charge in [0.15, 0.2) is 0 Å². The largest absolute Gasteiger partial charge is 0.310 e. The van der Waals surface area contributed by atoms with Crippen LogP contribution in [0.2, 0.25) is 0 Å². The summed E-state index contributed by atoms with van der Waals surface area (Å²) in [4.78, 5) is -0.462. The predicted octanol–water partition coefficient (Wildman–Crippen LogP) is 0.971. The lowest BCUT2D eigenvalue weighted by atomic mass is 10.2. The van der Waals surface area contributed by atoms with Crippen molar-refractivity contribution >= 4 is 10.0 Å². The standard InChI is InChI=1S/C10H15FN2O2S/c1-7(2)13-6-8-3-4-9(11)10(5-8)16(12,14)15/h3-5,7,13H,6H2,1-2H3,(H2,12,14,15). The maximum atomic E-state index is 13.2. The van der Waals surface area contributed by atoms with Crippen molar-refractivity contribution in [3.8, 4) is 0 Å². The van der Waals surface area contributed by atoms with Crippen LogP contribution >= 0.6 is 0 Å². The second-order valence-electron chi connectivity index (χ2n) is 3.85. The fraction of sp³-hybridized carbons (Fsp3) is 0.400. The van der Waals surface area contributed by atoms with Crippen LogP contribution in [-0.2, 0) is 16.6 Å². The van der Waals surface area contributed by atoms with Crippen molar-refractivity contribution in [1.82, 2.24) is 5.32 Å². The molecule has 0 saturated carbocycles. The molecule has 0 radical (unpaired) electrons. The molecule has 0 fully saturated rings. The molecule has 0 amide bonds. The summed E-state index contributed by atoms with van der Waals surface area (Å²) in [6, 6.07) is 4.15. The van der Waals surface area contributed by atoms with Crippen LogP contribution in [0.1, 0.15) is 19.4 Å². The summed E-state index contributed by atoms with van der Waals surface area (Å²) in [6.45, 7) is 4.40. The van der Waals surface area contributed by atoms with E-state index in [1.807, 2.05) is 13.8 Å². The molecule has 1 rings (SSSR count). The molecule has 90 valence electrons. The van der Waals surface area contributed by atoms with Gasteiger partial charge in [-0.1, -0.05) is 19.9 Å². The Balaban J connectivity index is 2.99. The topological polar surface area (TPSA) is 72.2 Å². The molecule has 0 atom stereocenters. The van der Waals surface area contributed by atoms with E-state index in [1.165, 1.54) is 12.1 Å². The molecule has 0 unspecified atom stereocenters. The smallest absolute Gasteiger partial charge is 0.240 e. The summed E-state index contributed by atoms with van der Waals surface area (Å²) >= 11 is 0. The van der Waals surface area contributed by atoms with Gasteiger partial charge in [-0.2, -0.15) is 0 Å². The van der Waals surface area contributed by atoms with Crippen molar-refractivity contribution in [1.29, 1.82) is 0 Å². The number of benzene rings is 1. The number of primary sulfonamides is 1. The maximum absolute atomic E-state index is 13.2. The number of hydrogen-bond donors (Lipinski definition) is 2. The summed E-state index contributed by atoms with van der Waals surface area (Å²) in [5.74, 6) is -0.823. The maximum Gasteiger partial charge on any atom is 0.240 e. The molecule has 0 aliphatic carbocycles. The summed E-state index contributed by atoms with van der Waals surface area (Å²) < 4.78 is 35.3. The zero-order valence-corrected chi connectivity index (χ0v) is 10.0. The van der Waals surface area contributed by atoms with Crippen molar-refractivity contribution in [2.24, 2.45) is 5.14 Å². The Morgan fingerprint density at radius 3 is 2.56 bits per heavy atom. The minimum Gasteiger partial charge on any atom is -0.310 e. The number of rotatable bonds is 4. The first-order chi connectivity index (χ1) is 7.30. The predicted molar refractivity (Wildman–Crippen MR) is 59.7 cm³/mol. The second kappa shape index (κ2) is 4.90. The van der Waals surface area contributed by atoms with Gasteiger partial charge in [0.2, 0.25) is 10.0 Å². The molecule has 6 heteroatoms. The summed E-state index contributed by atoms with van der Waals surface area (Å²) in [5, 5.41) is 8.00. The highest BCUT2D eigenvalue weighted by molar-refractivity contribution is 7.89. The summed E-state index contributed by atoms with van der Waals surface area (Å²) in [5.41, 5.74) is 0.680. The molecular formula is C10H15FN2O2S. The van der Waals surface area contributed by atoms with Gasteiger partial charge in [0.25, 0.3) is 0 Å². The normalized spacial score (nSPS) is 12.1. The Hall–Kier alpha value is -0.980. The highest BCUT2D eigenvalue weighted by atomic mass is 32.2. The highest BCUT2D eigenvalue weighted by Crippen LogP contribution is 2.14. The van der Waals surface area contributed by atoms with E-state index in [9.17, 15) is 12.8 Å². The average Bonchev–Trinajstić information content (AvgIpc) is 2.14. The van der Waals surface area contributed by atoms with Gasteiger partial charge >= 0.3 is 0 Å². The van der Waals surface area contributed by atoms with Gasteiger partial charge in [0, 0.05) is 12.6 Å². The Kier molecular flexibility index (Phi) is 4.01. The lowest BCUT2D eigenvalue weighted by Gasteiger charge is -2.09. The van der Waals surface area contributed by atoms with Crippen LogP contribution < -0.4 is 10.5 Å². The van der Waals surface area contributed by atoms with Gasteiger partial charge < -0.3 is 5.32 Å². The first-order valence-corrected chi connectivity index (χ1v) is 6.40. The van der Waals surface area contributed by atoms with E-state index < -0.39 is 20.7 Å². The van der Waals surface area contributed by atoms with Crippen molar-refractivity contribution in [3.05, 3.63) is 29.6 Å². The fourth-order valence-electron chi connectivity index (χ4n) is 1.20. The molecule has 4 nitrogen and oxygen atoms in total. The average molecular weight is 246 g/mol. The number of nitrogens with two attached hydrogens (primary N) is 1. The minimum absolute atomic E-state index is 0.267. The van der Waals surface area contributed by atoms with Crippen molar-refractivity contribution < 1.29 is 12.8 Å². The van der Waals surface area contributed by atoms with Gasteiger partial charge in [-0.15, -0.1) is 0 Å². The van der Waals surface area contributed by atoms with Crippen LogP contribution in [0.25, 0.3) is 0 Å². The Bertz CT molecular complexity index is 472. The SMILES string of the molecule is CC(C)NCc1ccc(F)c(S(N)(=O)=O)c1. The number of nitrogens with one attached hydrogen (secondary N) is 1. The van der Waals surface area contributed by atoms with Crippen LogP contribution in [0.4, 0.5) is 4.39 Å². The zero-order valence-electron chi connectivity index (χ0n) is 9.20. The van der Waals surface area contributed by atoms with E-state index in [4.69, 9.17) is 5.14 Å². The van der Waals surface area contributed by atoms with E-state index in [0.717, 1.165) is 6.07 Å². The third-order valence-corrected chi connectivity index (χ3v) is 2.94. The second-order valence-corrected chi connectivity index (χ2v) is 5.38. The fourth-order valence-corrected chi connectivity index (χ4v) is 1.85. The molecule has 0 saturated heterocycles. The molecule has 0 bridgehead atoms. The molecule has 0 spiro atoms. The van der Waals surface area contributed by atoms with Crippen LogP contribution in [0.5, 0.6) is 0 Å². The molecule has 0 heterocycles. The molecule has 3 N–H and O–H groups in total. The molecule has 0 aromatic heterocycles. The highest BCUT2D eigenvalue weighted by Gasteiger charge is 2.14. The number of halogens is 1. The number of sulfonamides is 1. The monoisotopic (exact) mass is 246 g/mol. The quantitative estimate of drug-likeness (QED) is 0.831. The van der Waals surface area contributed by atoms with E-state index in [0.29, 0.717) is 12.1 Å². The lowest BCUT2D eigenvalue weighted by molar-refractivity contribution is 0.562. The van der Waals surface area contributed by atoms with Crippen molar-refractivity contribution in [2.45, 2.75) is 31.3 Å². The summed E-state index contributed by atoms with van der Waals surface area (Å²) in [7, 11) is -4.00. The van der Waals surface area contributed by atoms with Crippen LogP contribution in [-0.4, -0.2) is 14.5 Å². The van der Waals surface area contributed by atoms with Gasteiger partial charge in [-0.05, 0) is 17.7 Å². The van der Waals surface area contributed by atoms with E-state index in [2.05, 4.69) is 5.32 Å². The first kappa shape index (κ1) is 13.1. The Labute approximate surface area is 94.7 Å². The Morgan fingerprint density at radius 1 is 1.44 bits per heavy atom. The van der Waals surface area contributed by atoms with Crippen molar-refractivity contribution in [2.75, 3.05) is 0 Å². The first-order valence-electron chi connectivity index (χ1n) is 4.85. The van der Waals surface area contributed by atoms with Gasteiger partial charge in [-0.25, -0.2) is 17.9 Å². The minimum atomic E-state index is -4.00. The van der Waals surface area contributed by atoms with E-state index in [1.54, 1.807) is 0 Å². The van der Waals surface area contributed by atoms with Gasteiger partial charge in [0.1, 0.15) is 10.7 Å². The molecule has 16 heavy (non-hydrogen) atoms. The van der Waals surface area contributed by atoms with Gasteiger partial charge in [0.05, 0.1) is 0 Å². The van der Waals surface area contributed by atoms with Crippen molar-refractivity contribution in [3.63, 3.8) is 0 Å². The van der Waals surface area contributed by atoms with E-state index in [-0.39, 0.29) is 6.04 Å². The molecule has 1 aromatic rings. The van der Waals surface area contributed by atoms with Crippen LogP contribution in [0.15, 0.2) is 23.1 Å². The molecule has 0 aliphatic rings. The van der Waals surface area contributed by atoms with Gasteiger partial charge in [-0.3, -0.25) is 0 Å².